The van der Waals surface area contributed by atoms with Gasteiger partial charge < -0.3 is 0 Å². The maximum atomic E-state index is 4.67. The summed E-state index contributed by atoms with van der Waals surface area (Å²) in [5.41, 5.74) is 4.89. The zero-order valence-corrected chi connectivity index (χ0v) is 14.0. The standard InChI is InChI=1S/C19H23N3/c1-6-13-7-14-9-18(15-10-21-22(5)12-15)20-11-16(14)17(8-13)19(2,3)4/h7-12H,6H2,1-5H3. The molecule has 0 aliphatic carbocycles. The van der Waals surface area contributed by atoms with E-state index in [1.54, 1.807) is 0 Å². The van der Waals surface area contributed by atoms with Crippen LogP contribution < -0.4 is 0 Å². The first-order valence-electron chi connectivity index (χ1n) is 7.80. The molecule has 22 heavy (non-hydrogen) atoms. The van der Waals surface area contributed by atoms with Gasteiger partial charge in [-0.2, -0.15) is 5.10 Å². The number of aromatic nitrogens is 3. The largest absolute Gasteiger partial charge is 0.275 e. The molecule has 3 nitrogen and oxygen atoms in total. The first-order chi connectivity index (χ1) is 10.4. The lowest BCUT2D eigenvalue weighted by Gasteiger charge is -2.22. The van der Waals surface area contributed by atoms with Gasteiger partial charge >= 0.3 is 0 Å². The summed E-state index contributed by atoms with van der Waals surface area (Å²) >= 11 is 0. The topological polar surface area (TPSA) is 30.7 Å². The van der Waals surface area contributed by atoms with Gasteiger partial charge in [-0.1, -0.05) is 39.8 Å². The van der Waals surface area contributed by atoms with Crippen LogP contribution in [0.25, 0.3) is 22.0 Å². The summed E-state index contributed by atoms with van der Waals surface area (Å²) in [5.74, 6) is 0. The summed E-state index contributed by atoms with van der Waals surface area (Å²) in [6.07, 6.45) is 6.92. The molecule has 3 heteroatoms. The summed E-state index contributed by atoms with van der Waals surface area (Å²) in [4.78, 5) is 4.67. The van der Waals surface area contributed by atoms with Crippen molar-refractivity contribution in [2.24, 2.45) is 7.05 Å². The number of hydrogen-bond donors (Lipinski definition) is 0. The minimum atomic E-state index is 0.112. The molecule has 0 aliphatic heterocycles. The quantitative estimate of drug-likeness (QED) is 0.696. The third-order valence-corrected chi connectivity index (χ3v) is 4.11. The van der Waals surface area contributed by atoms with E-state index in [0.29, 0.717) is 0 Å². The molecule has 0 aliphatic rings. The van der Waals surface area contributed by atoms with Gasteiger partial charge in [-0.15, -0.1) is 0 Å². The Morgan fingerprint density at radius 1 is 1.09 bits per heavy atom. The predicted octanol–water partition coefficient (Wildman–Crippen LogP) is 4.50. The minimum absolute atomic E-state index is 0.112. The van der Waals surface area contributed by atoms with Gasteiger partial charge in [0.15, 0.2) is 0 Å². The maximum Gasteiger partial charge on any atom is 0.0739 e. The molecule has 3 aromatic rings. The maximum absolute atomic E-state index is 4.67. The van der Waals surface area contributed by atoms with Crippen LogP contribution in [0.1, 0.15) is 38.8 Å². The molecule has 0 spiro atoms. The summed E-state index contributed by atoms with van der Waals surface area (Å²) in [6.45, 7) is 8.99. The average Bonchev–Trinajstić information content (AvgIpc) is 2.91. The number of nitrogens with zero attached hydrogens (tertiary/aromatic N) is 3. The van der Waals surface area contributed by atoms with Crippen LogP contribution in [0, 0.1) is 0 Å². The van der Waals surface area contributed by atoms with E-state index < -0.39 is 0 Å². The minimum Gasteiger partial charge on any atom is -0.275 e. The SMILES string of the molecule is CCc1cc(C(C)(C)C)c2cnc(-c3cnn(C)c3)cc2c1. The summed E-state index contributed by atoms with van der Waals surface area (Å²) in [6, 6.07) is 6.79. The number of hydrogen-bond acceptors (Lipinski definition) is 2. The molecular weight excluding hydrogens is 270 g/mol. The zero-order chi connectivity index (χ0) is 15.9. The van der Waals surface area contributed by atoms with E-state index >= 15 is 0 Å². The van der Waals surface area contributed by atoms with E-state index in [-0.39, 0.29) is 5.41 Å². The molecule has 0 atom stereocenters. The number of aryl methyl sites for hydroxylation is 2. The van der Waals surface area contributed by atoms with Gasteiger partial charge in [0.25, 0.3) is 0 Å². The van der Waals surface area contributed by atoms with E-state index in [1.807, 2.05) is 30.3 Å². The Labute approximate surface area is 132 Å². The number of fused-ring (bicyclic) bond motifs is 1. The molecule has 1 aromatic carbocycles. The van der Waals surface area contributed by atoms with E-state index in [0.717, 1.165) is 17.7 Å². The van der Waals surface area contributed by atoms with Gasteiger partial charge in [-0.25, -0.2) is 0 Å². The van der Waals surface area contributed by atoms with Crippen LogP contribution in [-0.2, 0) is 18.9 Å². The van der Waals surface area contributed by atoms with Crippen LogP contribution in [-0.4, -0.2) is 14.8 Å². The van der Waals surface area contributed by atoms with E-state index in [1.165, 1.54) is 21.9 Å². The second-order valence-electron chi connectivity index (χ2n) is 6.94. The van der Waals surface area contributed by atoms with Crippen molar-refractivity contribution >= 4 is 10.8 Å². The van der Waals surface area contributed by atoms with E-state index in [2.05, 4.69) is 56.0 Å². The highest BCUT2D eigenvalue weighted by atomic mass is 15.2. The summed E-state index contributed by atoms with van der Waals surface area (Å²) in [5, 5.41) is 6.75. The Balaban J connectivity index is 2.24. The Bertz CT molecular complexity index is 822. The van der Waals surface area contributed by atoms with Crippen molar-refractivity contribution in [2.75, 3.05) is 0 Å². The highest BCUT2D eigenvalue weighted by molar-refractivity contribution is 5.89. The van der Waals surface area contributed by atoms with Crippen molar-refractivity contribution in [3.63, 3.8) is 0 Å². The van der Waals surface area contributed by atoms with Crippen LogP contribution in [0.3, 0.4) is 0 Å². The van der Waals surface area contributed by atoms with Crippen molar-refractivity contribution in [1.82, 2.24) is 14.8 Å². The number of benzene rings is 1. The lowest BCUT2D eigenvalue weighted by molar-refractivity contribution is 0.595. The molecule has 0 saturated carbocycles. The van der Waals surface area contributed by atoms with Gasteiger partial charge in [0.1, 0.15) is 0 Å². The van der Waals surface area contributed by atoms with Crippen LogP contribution in [0.4, 0.5) is 0 Å². The fourth-order valence-corrected chi connectivity index (χ4v) is 2.86. The Hall–Kier alpha value is -2.16. The Kier molecular flexibility index (Phi) is 3.51. The Morgan fingerprint density at radius 3 is 2.45 bits per heavy atom. The van der Waals surface area contributed by atoms with E-state index in [9.17, 15) is 0 Å². The van der Waals surface area contributed by atoms with E-state index in [4.69, 9.17) is 0 Å². The zero-order valence-electron chi connectivity index (χ0n) is 14.0. The average molecular weight is 293 g/mol. The van der Waals surface area contributed by atoms with Gasteiger partial charge in [0.05, 0.1) is 11.9 Å². The van der Waals surface area contributed by atoms with Gasteiger partial charge in [-0.3, -0.25) is 9.67 Å². The first-order valence-corrected chi connectivity index (χ1v) is 7.80. The lowest BCUT2D eigenvalue weighted by Crippen LogP contribution is -2.12. The van der Waals surface area contributed by atoms with Crippen LogP contribution in [0.5, 0.6) is 0 Å². The summed E-state index contributed by atoms with van der Waals surface area (Å²) in [7, 11) is 1.93. The van der Waals surface area contributed by atoms with Crippen LogP contribution >= 0.6 is 0 Å². The smallest absolute Gasteiger partial charge is 0.0739 e. The fourth-order valence-electron chi connectivity index (χ4n) is 2.86. The lowest BCUT2D eigenvalue weighted by atomic mass is 9.82. The second kappa shape index (κ2) is 5.24. The monoisotopic (exact) mass is 293 g/mol. The molecule has 0 saturated heterocycles. The molecule has 2 aromatic heterocycles. The van der Waals surface area contributed by atoms with Crippen molar-refractivity contribution in [1.29, 1.82) is 0 Å². The number of rotatable bonds is 2. The second-order valence-corrected chi connectivity index (χ2v) is 6.94. The van der Waals surface area contributed by atoms with Crippen molar-refractivity contribution in [2.45, 2.75) is 39.5 Å². The summed E-state index contributed by atoms with van der Waals surface area (Å²) < 4.78 is 1.81. The first kappa shape index (κ1) is 14.8. The molecule has 0 bridgehead atoms. The van der Waals surface area contributed by atoms with Crippen molar-refractivity contribution in [3.8, 4) is 11.3 Å². The van der Waals surface area contributed by atoms with Gasteiger partial charge in [-0.05, 0) is 34.4 Å². The highest BCUT2D eigenvalue weighted by Gasteiger charge is 2.18. The van der Waals surface area contributed by atoms with Crippen LogP contribution in [0.2, 0.25) is 0 Å². The molecular formula is C19H23N3. The van der Waals surface area contributed by atoms with Gasteiger partial charge in [0.2, 0.25) is 0 Å². The normalized spacial score (nSPS) is 12.0. The molecule has 2 heterocycles. The molecule has 0 fully saturated rings. The third-order valence-electron chi connectivity index (χ3n) is 4.11. The molecule has 0 radical (unpaired) electrons. The third kappa shape index (κ3) is 2.63. The predicted molar refractivity (Wildman–Crippen MR) is 92.0 cm³/mol. The molecule has 3 rings (SSSR count). The van der Waals surface area contributed by atoms with Crippen LogP contribution in [0.15, 0.2) is 36.8 Å². The van der Waals surface area contributed by atoms with Crippen molar-refractivity contribution < 1.29 is 0 Å². The fraction of sp³-hybridized carbons (Fsp3) is 0.368. The number of pyridine rings is 1. The van der Waals surface area contributed by atoms with Crippen molar-refractivity contribution in [3.05, 3.63) is 47.9 Å². The molecule has 0 amide bonds. The molecule has 114 valence electrons. The molecule has 0 unspecified atom stereocenters. The molecule has 0 N–H and O–H groups in total. The Morgan fingerprint density at radius 2 is 1.86 bits per heavy atom. The highest BCUT2D eigenvalue weighted by Crippen LogP contribution is 2.32. The van der Waals surface area contributed by atoms with Gasteiger partial charge in [0, 0.05) is 30.4 Å².